The first-order valence-electron chi connectivity index (χ1n) is 11.1. The number of nitrogens with zero attached hydrogens (tertiary/aromatic N) is 3. The minimum atomic E-state index is -1.47. The number of carbonyl (C=O) groups excluding carboxylic acids is 2. The SMILES string of the molecule is CCOc1ccc(N=NC(C(C)=O)C(=O)N(Cl)c2cc(OCC)ccc2OCC)c(OCC)c1. The molecule has 0 saturated heterocycles. The number of anilines is 1. The summed E-state index contributed by atoms with van der Waals surface area (Å²) in [5.74, 6) is 0.569. The molecule has 2 aromatic rings. The Labute approximate surface area is 204 Å². The highest BCUT2D eigenvalue weighted by molar-refractivity contribution is 6.39. The van der Waals surface area contributed by atoms with Crippen molar-refractivity contribution in [2.75, 3.05) is 30.8 Å². The van der Waals surface area contributed by atoms with Crippen LogP contribution >= 0.6 is 11.8 Å². The zero-order valence-corrected chi connectivity index (χ0v) is 20.8. The predicted octanol–water partition coefficient (Wildman–Crippen LogP) is 5.51. The van der Waals surface area contributed by atoms with E-state index in [-0.39, 0.29) is 5.69 Å². The van der Waals surface area contributed by atoms with E-state index >= 15 is 0 Å². The molecule has 0 saturated carbocycles. The molecule has 0 bridgehead atoms. The summed E-state index contributed by atoms with van der Waals surface area (Å²) in [6.45, 7) is 10.2. The van der Waals surface area contributed by atoms with Gasteiger partial charge in [0.25, 0.3) is 5.91 Å². The van der Waals surface area contributed by atoms with Crippen LogP contribution in [0.3, 0.4) is 0 Å². The molecule has 0 spiro atoms. The Kier molecular flexibility index (Phi) is 10.6. The standard InChI is InChI=1S/C24H30ClN3O6/c1-6-31-17-11-13-21(33-8-3)20(14-17)28(25)24(30)23(16(5)29)27-26-19-12-10-18(32-7-2)15-22(19)34-9-4/h10-15,23H,6-9H2,1-5H3. The number of halogens is 1. The lowest BCUT2D eigenvalue weighted by molar-refractivity contribution is -0.126. The lowest BCUT2D eigenvalue weighted by atomic mass is 10.2. The molecule has 0 aliphatic rings. The molecule has 1 amide bonds. The predicted molar refractivity (Wildman–Crippen MR) is 130 cm³/mol. The molecule has 184 valence electrons. The maximum absolute atomic E-state index is 13.2. The van der Waals surface area contributed by atoms with E-state index in [1.54, 1.807) is 43.3 Å². The summed E-state index contributed by atoms with van der Waals surface area (Å²) in [5.41, 5.74) is 0.579. The smallest absolute Gasteiger partial charge is 0.276 e. The Morgan fingerprint density at radius 2 is 1.41 bits per heavy atom. The van der Waals surface area contributed by atoms with Crippen LogP contribution in [-0.2, 0) is 9.59 Å². The summed E-state index contributed by atoms with van der Waals surface area (Å²) < 4.78 is 23.0. The van der Waals surface area contributed by atoms with E-state index in [4.69, 9.17) is 30.7 Å². The van der Waals surface area contributed by atoms with Crippen LogP contribution in [0.2, 0.25) is 0 Å². The number of azo groups is 1. The highest BCUT2D eigenvalue weighted by atomic mass is 35.5. The molecule has 0 N–H and O–H groups in total. The normalized spacial score (nSPS) is 11.7. The number of amides is 1. The fourth-order valence-electron chi connectivity index (χ4n) is 2.94. The fraction of sp³-hybridized carbons (Fsp3) is 0.417. The third-order valence-electron chi connectivity index (χ3n) is 4.39. The molecule has 10 heteroatoms. The molecule has 2 rings (SSSR count). The van der Waals surface area contributed by atoms with Gasteiger partial charge in [0.1, 0.15) is 34.4 Å². The topological polar surface area (TPSA) is 99.0 Å². The van der Waals surface area contributed by atoms with Gasteiger partial charge in [0.15, 0.2) is 5.78 Å². The van der Waals surface area contributed by atoms with Gasteiger partial charge in [-0.1, -0.05) is 0 Å². The van der Waals surface area contributed by atoms with Crippen LogP contribution in [0.5, 0.6) is 23.0 Å². The Hall–Kier alpha value is -3.33. The average Bonchev–Trinajstić information content (AvgIpc) is 2.81. The van der Waals surface area contributed by atoms with Crippen LogP contribution in [0.1, 0.15) is 34.6 Å². The van der Waals surface area contributed by atoms with Crippen molar-refractivity contribution in [2.24, 2.45) is 10.2 Å². The molecule has 0 heterocycles. The van der Waals surface area contributed by atoms with Gasteiger partial charge in [-0.05, 0) is 58.9 Å². The molecular weight excluding hydrogens is 462 g/mol. The van der Waals surface area contributed by atoms with E-state index in [1.807, 2.05) is 20.8 Å². The monoisotopic (exact) mass is 491 g/mol. The second kappa shape index (κ2) is 13.4. The Balaban J connectivity index is 2.37. The number of benzene rings is 2. The van der Waals surface area contributed by atoms with E-state index in [0.29, 0.717) is 55.1 Å². The van der Waals surface area contributed by atoms with Crippen molar-refractivity contribution in [1.82, 2.24) is 0 Å². The van der Waals surface area contributed by atoms with Crippen LogP contribution in [0.15, 0.2) is 46.6 Å². The number of carbonyl (C=O) groups is 2. The number of ketones is 1. The van der Waals surface area contributed by atoms with Gasteiger partial charge in [0.2, 0.25) is 6.04 Å². The van der Waals surface area contributed by atoms with Crippen molar-refractivity contribution >= 4 is 34.8 Å². The minimum Gasteiger partial charge on any atom is -0.494 e. The zero-order chi connectivity index (χ0) is 25.1. The van der Waals surface area contributed by atoms with E-state index in [1.165, 1.54) is 6.92 Å². The van der Waals surface area contributed by atoms with Gasteiger partial charge >= 0.3 is 0 Å². The average molecular weight is 492 g/mol. The van der Waals surface area contributed by atoms with Gasteiger partial charge in [0, 0.05) is 23.9 Å². The second-order valence-corrected chi connectivity index (χ2v) is 7.18. The quantitative estimate of drug-likeness (QED) is 0.208. The van der Waals surface area contributed by atoms with Gasteiger partial charge in [-0.2, -0.15) is 10.2 Å². The molecule has 0 aliphatic carbocycles. The molecule has 0 aromatic heterocycles. The largest absolute Gasteiger partial charge is 0.494 e. The van der Waals surface area contributed by atoms with Gasteiger partial charge in [0.05, 0.1) is 26.4 Å². The van der Waals surface area contributed by atoms with Crippen LogP contribution in [0.25, 0.3) is 0 Å². The van der Waals surface area contributed by atoms with Crippen molar-refractivity contribution in [3.05, 3.63) is 36.4 Å². The molecule has 1 atom stereocenters. The molecule has 0 radical (unpaired) electrons. The summed E-state index contributed by atoms with van der Waals surface area (Å²) in [6, 6.07) is 8.46. The van der Waals surface area contributed by atoms with Gasteiger partial charge < -0.3 is 18.9 Å². The third-order valence-corrected chi connectivity index (χ3v) is 4.74. The zero-order valence-electron chi connectivity index (χ0n) is 20.0. The van der Waals surface area contributed by atoms with E-state index in [9.17, 15) is 9.59 Å². The Morgan fingerprint density at radius 3 is 2.00 bits per heavy atom. The molecule has 34 heavy (non-hydrogen) atoms. The van der Waals surface area contributed by atoms with Crippen LogP contribution in [0.4, 0.5) is 11.4 Å². The van der Waals surface area contributed by atoms with Crippen LogP contribution in [0, 0.1) is 0 Å². The highest BCUT2D eigenvalue weighted by Crippen LogP contribution is 2.35. The number of hydrogen-bond acceptors (Lipinski definition) is 8. The van der Waals surface area contributed by atoms with Crippen molar-refractivity contribution < 1.29 is 28.5 Å². The maximum Gasteiger partial charge on any atom is 0.276 e. The summed E-state index contributed by atoms with van der Waals surface area (Å²) in [6.07, 6.45) is 0. The molecular formula is C24H30ClN3O6. The number of hydrogen-bond donors (Lipinski definition) is 0. The first-order valence-corrected chi connectivity index (χ1v) is 11.4. The lowest BCUT2D eigenvalue weighted by Crippen LogP contribution is -2.36. The summed E-state index contributed by atoms with van der Waals surface area (Å²) >= 11 is 6.38. The Morgan fingerprint density at radius 1 is 0.853 bits per heavy atom. The minimum absolute atomic E-state index is 0.233. The van der Waals surface area contributed by atoms with Crippen molar-refractivity contribution in [2.45, 2.75) is 40.7 Å². The number of ether oxygens (including phenoxy) is 4. The molecule has 1 unspecified atom stereocenters. The molecule has 2 aromatic carbocycles. The van der Waals surface area contributed by atoms with Crippen molar-refractivity contribution in [3.8, 4) is 23.0 Å². The van der Waals surface area contributed by atoms with Crippen molar-refractivity contribution in [3.63, 3.8) is 0 Å². The van der Waals surface area contributed by atoms with Gasteiger partial charge in [-0.3, -0.25) is 9.59 Å². The first-order chi connectivity index (χ1) is 16.4. The number of Topliss-reactive ketones (excluding diaryl/α,β-unsaturated/α-hetero) is 1. The lowest BCUT2D eigenvalue weighted by Gasteiger charge is -2.20. The molecule has 0 fully saturated rings. The van der Waals surface area contributed by atoms with Crippen LogP contribution < -0.4 is 23.4 Å². The molecule has 0 aliphatic heterocycles. The summed E-state index contributed by atoms with van der Waals surface area (Å²) in [7, 11) is 0. The first kappa shape index (κ1) is 26.9. The second-order valence-electron chi connectivity index (χ2n) is 6.84. The van der Waals surface area contributed by atoms with E-state index in [0.717, 1.165) is 4.42 Å². The van der Waals surface area contributed by atoms with E-state index in [2.05, 4.69) is 10.2 Å². The van der Waals surface area contributed by atoms with Gasteiger partial charge in [-0.15, -0.1) is 0 Å². The van der Waals surface area contributed by atoms with Crippen molar-refractivity contribution in [1.29, 1.82) is 0 Å². The third kappa shape index (κ3) is 7.08. The number of rotatable bonds is 13. The van der Waals surface area contributed by atoms with Crippen LogP contribution in [-0.4, -0.2) is 44.2 Å². The summed E-state index contributed by atoms with van der Waals surface area (Å²) in [5, 5.41) is 8.11. The highest BCUT2D eigenvalue weighted by Gasteiger charge is 2.30. The fourth-order valence-corrected chi connectivity index (χ4v) is 3.16. The molecule has 9 nitrogen and oxygen atoms in total. The van der Waals surface area contributed by atoms with E-state index < -0.39 is 17.7 Å². The van der Waals surface area contributed by atoms with Gasteiger partial charge in [-0.25, -0.2) is 4.42 Å². The summed E-state index contributed by atoms with van der Waals surface area (Å²) in [4.78, 5) is 25.5. The maximum atomic E-state index is 13.2. The Bertz CT molecular complexity index is 1010.